The van der Waals surface area contributed by atoms with Gasteiger partial charge in [-0.05, 0) is 24.6 Å². The maximum Gasteiger partial charge on any atom is 0.126 e. The second kappa shape index (κ2) is 4.09. The first kappa shape index (κ1) is 8.21. The maximum atomic E-state index is 12.8. The van der Waals surface area contributed by atoms with Crippen LogP contribution in [-0.4, -0.2) is 6.54 Å². The SMILES string of the molecule is [CH]NCCc1ccccc1F. The van der Waals surface area contributed by atoms with Gasteiger partial charge in [-0.1, -0.05) is 18.2 Å². The third-order valence-electron chi connectivity index (χ3n) is 1.50. The van der Waals surface area contributed by atoms with Crippen LogP contribution in [0.15, 0.2) is 24.3 Å². The van der Waals surface area contributed by atoms with Crippen LogP contribution in [0.1, 0.15) is 5.56 Å². The van der Waals surface area contributed by atoms with Gasteiger partial charge in [0.15, 0.2) is 0 Å². The van der Waals surface area contributed by atoms with Crippen LogP contribution in [0.2, 0.25) is 0 Å². The zero-order valence-corrected chi connectivity index (χ0v) is 6.18. The van der Waals surface area contributed by atoms with Gasteiger partial charge in [-0.3, -0.25) is 0 Å². The van der Waals surface area contributed by atoms with Crippen molar-refractivity contribution in [2.45, 2.75) is 6.42 Å². The molecular formula is C9H10FN. The molecule has 0 spiro atoms. The van der Waals surface area contributed by atoms with Crippen LogP contribution in [0.25, 0.3) is 0 Å². The van der Waals surface area contributed by atoms with E-state index in [0.717, 1.165) is 0 Å². The lowest BCUT2D eigenvalue weighted by atomic mass is 10.1. The normalized spacial score (nSPS) is 10.0. The van der Waals surface area contributed by atoms with E-state index in [9.17, 15) is 4.39 Å². The molecule has 0 amide bonds. The van der Waals surface area contributed by atoms with Gasteiger partial charge in [0, 0.05) is 7.05 Å². The molecule has 2 radical (unpaired) electrons. The molecule has 0 unspecified atom stereocenters. The topological polar surface area (TPSA) is 12.0 Å². The fourth-order valence-electron chi connectivity index (χ4n) is 0.908. The molecular weight excluding hydrogens is 141 g/mol. The molecule has 0 bridgehead atoms. The van der Waals surface area contributed by atoms with Crippen molar-refractivity contribution in [3.63, 3.8) is 0 Å². The molecule has 1 nitrogen and oxygen atoms in total. The molecule has 0 aliphatic carbocycles. The Morgan fingerprint density at radius 1 is 1.36 bits per heavy atom. The summed E-state index contributed by atoms with van der Waals surface area (Å²) in [6, 6.07) is 6.70. The summed E-state index contributed by atoms with van der Waals surface area (Å²) in [5, 5.41) is 2.48. The molecule has 0 aliphatic heterocycles. The fraction of sp³-hybridized carbons (Fsp3) is 0.222. The number of halogens is 1. The number of benzene rings is 1. The summed E-state index contributed by atoms with van der Waals surface area (Å²) in [5.74, 6) is -0.164. The fourth-order valence-corrected chi connectivity index (χ4v) is 0.908. The Balaban J connectivity index is 2.62. The molecule has 0 atom stereocenters. The highest BCUT2D eigenvalue weighted by atomic mass is 19.1. The van der Waals surface area contributed by atoms with Gasteiger partial charge in [-0.2, -0.15) is 0 Å². The molecule has 58 valence electrons. The number of hydrogen-bond acceptors (Lipinski definition) is 1. The largest absolute Gasteiger partial charge is 0.311 e. The van der Waals surface area contributed by atoms with Crippen LogP contribution in [0.4, 0.5) is 4.39 Å². The third-order valence-corrected chi connectivity index (χ3v) is 1.50. The summed E-state index contributed by atoms with van der Waals surface area (Å²) in [7, 11) is 5.05. The van der Waals surface area contributed by atoms with Crippen LogP contribution in [-0.2, 0) is 6.42 Å². The number of nitrogens with one attached hydrogen (secondary N) is 1. The predicted molar refractivity (Wildman–Crippen MR) is 42.4 cm³/mol. The molecule has 1 aromatic rings. The smallest absolute Gasteiger partial charge is 0.126 e. The van der Waals surface area contributed by atoms with Gasteiger partial charge >= 0.3 is 0 Å². The predicted octanol–water partition coefficient (Wildman–Crippen LogP) is 1.63. The van der Waals surface area contributed by atoms with Gasteiger partial charge in [-0.15, -0.1) is 0 Å². The molecule has 11 heavy (non-hydrogen) atoms. The van der Waals surface area contributed by atoms with Crippen molar-refractivity contribution in [2.24, 2.45) is 0 Å². The van der Waals surface area contributed by atoms with E-state index in [1.807, 2.05) is 6.07 Å². The van der Waals surface area contributed by atoms with Crippen molar-refractivity contribution in [2.75, 3.05) is 6.54 Å². The second-order valence-corrected chi connectivity index (χ2v) is 2.30. The quantitative estimate of drug-likeness (QED) is 0.647. The van der Waals surface area contributed by atoms with Gasteiger partial charge in [0.05, 0.1) is 0 Å². The lowest BCUT2D eigenvalue weighted by Crippen LogP contribution is -2.08. The van der Waals surface area contributed by atoms with Gasteiger partial charge in [0.25, 0.3) is 0 Å². The summed E-state index contributed by atoms with van der Waals surface area (Å²) < 4.78 is 12.8. The summed E-state index contributed by atoms with van der Waals surface area (Å²) in [5.41, 5.74) is 0.699. The molecule has 1 rings (SSSR count). The van der Waals surface area contributed by atoms with Crippen LogP contribution in [0.3, 0.4) is 0 Å². The average Bonchev–Trinajstić information content (AvgIpc) is 2.03. The first-order valence-corrected chi connectivity index (χ1v) is 3.51. The Morgan fingerprint density at radius 3 is 2.73 bits per heavy atom. The number of hydrogen-bond donors (Lipinski definition) is 1. The molecule has 0 heterocycles. The lowest BCUT2D eigenvalue weighted by molar-refractivity contribution is 0.606. The standard InChI is InChI=1S/C9H10FN/c1-11-7-6-8-4-2-3-5-9(8)10/h1-5,11H,6-7H2. The first-order valence-electron chi connectivity index (χ1n) is 3.51. The highest BCUT2D eigenvalue weighted by molar-refractivity contribution is 5.17. The van der Waals surface area contributed by atoms with Crippen molar-refractivity contribution in [1.82, 2.24) is 5.32 Å². The summed E-state index contributed by atoms with van der Waals surface area (Å²) in [6.07, 6.45) is 0.628. The van der Waals surface area contributed by atoms with E-state index in [0.29, 0.717) is 18.5 Å². The summed E-state index contributed by atoms with van der Waals surface area (Å²) >= 11 is 0. The van der Waals surface area contributed by atoms with Crippen molar-refractivity contribution < 1.29 is 4.39 Å². The van der Waals surface area contributed by atoms with E-state index >= 15 is 0 Å². The van der Waals surface area contributed by atoms with E-state index in [1.165, 1.54) is 6.07 Å². The Morgan fingerprint density at radius 2 is 2.09 bits per heavy atom. The zero-order chi connectivity index (χ0) is 8.10. The average molecular weight is 151 g/mol. The van der Waals surface area contributed by atoms with Gasteiger partial charge in [0.2, 0.25) is 0 Å². The van der Waals surface area contributed by atoms with E-state index < -0.39 is 0 Å². The van der Waals surface area contributed by atoms with Gasteiger partial charge < -0.3 is 5.32 Å². The van der Waals surface area contributed by atoms with Crippen LogP contribution >= 0.6 is 0 Å². The molecule has 1 N–H and O–H groups in total. The third kappa shape index (κ3) is 2.31. The van der Waals surface area contributed by atoms with E-state index in [4.69, 9.17) is 7.05 Å². The first-order chi connectivity index (χ1) is 5.34. The monoisotopic (exact) mass is 151 g/mol. The van der Waals surface area contributed by atoms with Crippen molar-refractivity contribution in [3.8, 4) is 0 Å². The minimum absolute atomic E-state index is 0.164. The zero-order valence-electron chi connectivity index (χ0n) is 6.18. The molecule has 0 saturated carbocycles. The van der Waals surface area contributed by atoms with Crippen molar-refractivity contribution in [1.29, 1.82) is 0 Å². The van der Waals surface area contributed by atoms with E-state index in [1.54, 1.807) is 12.1 Å². The van der Waals surface area contributed by atoms with E-state index in [2.05, 4.69) is 5.32 Å². The lowest BCUT2D eigenvalue weighted by Gasteiger charge is -2.00. The van der Waals surface area contributed by atoms with Crippen LogP contribution < -0.4 is 5.32 Å². The molecule has 0 aromatic heterocycles. The van der Waals surface area contributed by atoms with Gasteiger partial charge in [0.1, 0.15) is 5.82 Å². The molecule has 0 saturated heterocycles. The van der Waals surface area contributed by atoms with Crippen LogP contribution in [0, 0.1) is 12.9 Å². The second-order valence-electron chi connectivity index (χ2n) is 2.30. The van der Waals surface area contributed by atoms with Gasteiger partial charge in [-0.25, -0.2) is 4.39 Å². The Hall–Kier alpha value is -0.890. The maximum absolute atomic E-state index is 12.8. The number of rotatable bonds is 3. The van der Waals surface area contributed by atoms with Crippen molar-refractivity contribution >= 4 is 0 Å². The molecule has 1 aromatic carbocycles. The Bertz CT molecular complexity index is 223. The minimum Gasteiger partial charge on any atom is -0.311 e. The summed E-state index contributed by atoms with van der Waals surface area (Å²) in [6.45, 7) is 0.598. The highest BCUT2D eigenvalue weighted by Gasteiger charge is 1.97. The molecule has 0 fully saturated rings. The molecule has 2 heteroatoms. The molecule has 0 aliphatic rings. The van der Waals surface area contributed by atoms with E-state index in [-0.39, 0.29) is 5.82 Å². The summed E-state index contributed by atoms with van der Waals surface area (Å²) in [4.78, 5) is 0. The van der Waals surface area contributed by atoms with Crippen LogP contribution in [0.5, 0.6) is 0 Å². The highest BCUT2D eigenvalue weighted by Crippen LogP contribution is 2.05. The Labute approximate surface area is 66.2 Å². The minimum atomic E-state index is -0.164. The Kier molecular flexibility index (Phi) is 3.05. The van der Waals surface area contributed by atoms with Crippen molar-refractivity contribution in [3.05, 3.63) is 42.7 Å².